The molecular formula is C21H15NO2. The van der Waals surface area contributed by atoms with Crippen LogP contribution in [0.5, 0.6) is 0 Å². The minimum absolute atomic E-state index is 0.282. The molecule has 3 heteroatoms. The summed E-state index contributed by atoms with van der Waals surface area (Å²) in [4.78, 5) is 11.3. The summed E-state index contributed by atoms with van der Waals surface area (Å²) in [5, 5.41) is 10.4. The number of nitrogens with zero attached hydrogens (tertiary/aromatic N) is 1. The van der Waals surface area contributed by atoms with Crippen LogP contribution >= 0.6 is 0 Å². The van der Waals surface area contributed by atoms with E-state index in [0.29, 0.717) is 0 Å². The number of fused-ring (bicyclic) bond motifs is 1. The average molecular weight is 313 g/mol. The lowest BCUT2D eigenvalue weighted by atomic mass is 10.1. The molecule has 1 N–H and O–H groups in total. The van der Waals surface area contributed by atoms with Gasteiger partial charge in [0, 0.05) is 11.1 Å². The summed E-state index contributed by atoms with van der Waals surface area (Å²) in [6.07, 6.45) is 0. The molecule has 0 amide bonds. The summed E-state index contributed by atoms with van der Waals surface area (Å²) in [5.74, 6) is -0.922. The second-order valence-electron chi connectivity index (χ2n) is 5.65. The second kappa shape index (κ2) is 5.70. The Labute approximate surface area is 139 Å². The normalized spacial score (nSPS) is 10.8. The van der Waals surface area contributed by atoms with Crippen LogP contribution in [-0.2, 0) is 0 Å². The van der Waals surface area contributed by atoms with Gasteiger partial charge in [0.25, 0.3) is 0 Å². The van der Waals surface area contributed by atoms with E-state index < -0.39 is 5.97 Å². The van der Waals surface area contributed by atoms with Crippen molar-refractivity contribution in [3.8, 4) is 16.9 Å². The zero-order valence-corrected chi connectivity index (χ0v) is 12.9. The van der Waals surface area contributed by atoms with Crippen LogP contribution in [0, 0.1) is 0 Å². The van der Waals surface area contributed by atoms with E-state index in [0.717, 1.165) is 27.8 Å². The van der Waals surface area contributed by atoms with Gasteiger partial charge in [0.2, 0.25) is 0 Å². The highest BCUT2D eigenvalue weighted by molar-refractivity contribution is 5.91. The lowest BCUT2D eigenvalue weighted by molar-refractivity contribution is 0.0697. The number of carboxylic acid groups (broad SMARTS) is 1. The molecule has 4 aromatic rings. The quantitative estimate of drug-likeness (QED) is 0.578. The molecule has 0 atom stereocenters. The lowest BCUT2D eigenvalue weighted by Crippen LogP contribution is -2.01. The van der Waals surface area contributed by atoms with Crippen LogP contribution in [0.2, 0.25) is 0 Å². The van der Waals surface area contributed by atoms with Gasteiger partial charge in [-0.1, -0.05) is 54.6 Å². The SMILES string of the molecule is O=C(O)c1cccc(-n2c(-c3ccccc3)cc3ccccc32)c1. The van der Waals surface area contributed by atoms with Gasteiger partial charge in [0.15, 0.2) is 0 Å². The first-order valence-electron chi connectivity index (χ1n) is 7.74. The second-order valence-corrected chi connectivity index (χ2v) is 5.65. The van der Waals surface area contributed by atoms with Gasteiger partial charge >= 0.3 is 5.97 Å². The molecule has 0 saturated heterocycles. The third-order valence-corrected chi connectivity index (χ3v) is 4.13. The predicted molar refractivity (Wildman–Crippen MR) is 95.7 cm³/mol. The van der Waals surface area contributed by atoms with Crippen molar-refractivity contribution in [1.82, 2.24) is 4.57 Å². The van der Waals surface area contributed by atoms with Crippen LogP contribution in [-0.4, -0.2) is 15.6 Å². The van der Waals surface area contributed by atoms with Gasteiger partial charge in [-0.05, 0) is 35.9 Å². The highest BCUT2D eigenvalue weighted by Crippen LogP contribution is 2.31. The maximum Gasteiger partial charge on any atom is 0.335 e. The van der Waals surface area contributed by atoms with Gasteiger partial charge in [-0.25, -0.2) is 4.79 Å². The lowest BCUT2D eigenvalue weighted by Gasteiger charge is -2.12. The average Bonchev–Trinajstić information content (AvgIpc) is 3.02. The topological polar surface area (TPSA) is 42.2 Å². The third kappa shape index (κ3) is 2.36. The van der Waals surface area contributed by atoms with Crippen molar-refractivity contribution in [2.75, 3.05) is 0 Å². The summed E-state index contributed by atoms with van der Waals surface area (Å²) in [7, 11) is 0. The molecule has 24 heavy (non-hydrogen) atoms. The zero-order valence-electron chi connectivity index (χ0n) is 12.9. The summed E-state index contributed by atoms with van der Waals surface area (Å²) in [6, 6.07) is 27.4. The van der Waals surface area contributed by atoms with Gasteiger partial charge in [-0.3, -0.25) is 0 Å². The van der Waals surface area contributed by atoms with Crippen LogP contribution in [0.25, 0.3) is 27.8 Å². The van der Waals surface area contributed by atoms with Crippen molar-refractivity contribution >= 4 is 16.9 Å². The summed E-state index contributed by atoms with van der Waals surface area (Å²) in [5.41, 5.74) is 4.31. The molecule has 0 aliphatic heterocycles. The summed E-state index contributed by atoms with van der Waals surface area (Å²) >= 11 is 0. The Morgan fingerprint density at radius 2 is 1.54 bits per heavy atom. The molecule has 0 aliphatic carbocycles. The number of hydrogen-bond donors (Lipinski definition) is 1. The molecule has 3 aromatic carbocycles. The number of aromatic nitrogens is 1. The van der Waals surface area contributed by atoms with E-state index in [4.69, 9.17) is 0 Å². The number of carbonyl (C=O) groups is 1. The van der Waals surface area contributed by atoms with Crippen molar-refractivity contribution in [3.63, 3.8) is 0 Å². The molecular weight excluding hydrogens is 298 g/mol. The fourth-order valence-electron chi connectivity index (χ4n) is 3.03. The Bertz CT molecular complexity index is 1030. The third-order valence-electron chi connectivity index (χ3n) is 4.13. The maximum atomic E-state index is 11.3. The Morgan fingerprint density at radius 3 is 2.33 bits per heavy atom. The molecule has 1 aromatic heterocycles. The van der Waals surface area contributed by atoms with E-state index in [-0.39, 0.29) is 5.56 Å². The molecule has 4 rings (SSSR count). The van der Waals surface area contributed by atoms with Crippen molar-refractivity contribution in [1.29, 1.82) is 0 Å². The molecule has 0 bridgehead atoms. The van der Waals surface area contributed by atoms with E-state index in [1.165, 1.54) is 0 Å². The Kier molecular flexibility index (Phi) is 3.39. The first-order valence-corrected chi connectivity index (χ1v) is 7.74. The van der Waals surface area contributed by atoms with E-state index >= 15 is 0 Å². The number of hydrogen-bond acceptors (Lipinski definition) is 1. The van der Waals surface area contributed by atoms with Crippen LogP contribution < -0.4 is 0 Å². The van der Waals surface area contributed by atoms with Crippen molar-refractivity contribution < 1.29 is 9.90 Å². The number of benzene rings is 3. The van der Waals surface area contributed by atoms with Crippen molar-refractivity contribution in [3.05, 3.63) is 90.5 Å². The van der Waals surface area contributed by atoms with E-state index in [9.17, 15) is 9.90 Å². The number of para-hydroxylation sites is 1. The van der Waals surface area contributed by atoms with Crippen molar-refractivity contribution in [2.24, 2.45) is 0 Å². The Balaban J connectivity index is 2.03. The monoisotopic (exact) mass is 313 g/mol. The zero-order chi connectivity index (χ0) is 16.5. The number of rotatable bonds is 3. The van der Waals surface area contributed by atoms with Crippen LogP contribution in [0.15, 0.2) is 84.9 Å². The largest absolute Gasteiger partial charge is 0.478 e. The fourth-order valence-corrected chi connectivity index (χ4v) is 3.03. The highest BCUT2D eigenvalue weighted by Gasteiger charge is 2.13. The first kappa shape index (κ1) is 14.3. The fraction of sp³-hybridized carbons (Fsp3) is 0. The van der Waals surface area contributed by atoms with Crippen LogP contribution in [0.4, 0.5) is 0 Å². The van der Waals surface area contributed by atoms with Gasteiger partial charge < -0.3 is 9.67 Å². The van der Waals surface area contributed by atoms with Gasteiger partial charge in [-0.15, -0.1) is 0 Å². The molecule has 0 unspecified atom stereocenters. The maximum absolute atomic E-state index is 11.3. The van der Waals surface area contributed by atoms with Gasteiger partial charge in [0.05, 0.1) is 16.8 Å². The van der Waals surface area contributed by atoms with Gasteiger partial charge in [0.1, 0.15) is 0 Å². The molecule has 0 aliphatic rings. The van der Waals surface area contributed by atoms with Crippen LogP contribution in [0.3, 0.4) is 0 Å². The van der Waals surface area contributed by atoms with E-state index in [1.54, 1.807) is 18.2 Å². The Morgan fingerprint density at radius 1 is 0.792 bits per heavy atom. The molecule has 0 radical (unpaired) electrons. The molecule has 1 heterocycles. The molecule has 0 spiro atoms. The smallest absolute Gasteiger partial charge is 0.335 e. The molecule has 0 fully saturated rings. The van der Waals surface area contributed by atoms with Crippen molar-refractivity contribution in [2.45, 2.75) is 0 Å². The van der Waals surface area contributed by atoms with Gasteiger partial charge in [-0.2, -0.15) is 0 Å². The summed E-state index contributed by atoms with van der Waals surface area (Å²) in [6.45, 7) is 0. The minimum atomic E-state index is -0.922. The Hall–Kier alpha value is -3.33. The van der Waals surface area contributed by atoms with E-state index in [2.05, 4.69) is 34.9 Å². The number of carboxylic acids is 1. The van der Waals surface area contributed by atoms with E-state index in [1.807, 2.05) is 36.4 Å². The number of aromatic carboxylic acids is 1. The molecule has 116 valence electrons. The molecule has 0 saturated carbocycles. The first-order chi connectivity index (χ1) is 11.7. The summed E-state index contributed by atoms with van der Waals surface area (Å²) < 4.78 is 2.11. The predicted octanol–water partition coefficient (Wildman–Crippen LogP) is 5.00. The highest BCUT2D eigenvalue weighted by atomic mass is 16.4. The minimum Gasteiger partial charge on any atom is -0.478 e. The standard InChI is InChI=1S/C21H15NO2/c23-21(24)17-10-6-11-18(13-17)22-19-12-5-4-9-16(19)14-20(22)15-7-2-1-3-8-15/h1-14H,(H,23,24). The van der Waals surface area contributed by atoms with Crippen LogP contribution in [0.1, 0.15) is 10.4 Å². The molecule has 3 nitrogen and oxygen atoms in total.